The second kappa shape index (κ2) is 4.92. The van der Waals surface area contributed by atoms with Crippen LogP contribution < -0.4 is 0 Å². The van der Waals surface area contributed by atoms with E-state index >= 15 is 0 Å². The molecule has 1 N–H and O–H groups in total. The number of rotatable bonds is 2. The van der Waals surface area contributed by atoms with Gasteiger partial charge in [0.05, 0.1) is 16.0 Å². The zero-order chi connectivity index (χ0) is 15.9. The summed E-state index contributed by atoms with van der Waals surface area (Å²) in [5.74, 6) is -0.621. The van der Waals surface area contributed by atoms with E-state index in [4.69, 9.17) is 5.11 Å². The molecule has 0 amide bonds. The van der Waals surface area contributed by atoms with E-state index in [1.165, 1.54) is 24.3 Å². The fourth-order valence-corrected chi connectivity index (χ4v) is 2.27. The first-order valence-corrected chi connectivity index (χ1v) is 6.14. The normalized spacial score (nSPS) is 10.8. The average Bonchev–Trinajstić information content (AvgIpc) is 2.85. The van der Waals surface area contributed by atoms with Crippen LogP contribution in [0.2, 0.25) is 0 Å². The van der Waals surface area contributed by atoms with Gasteiger partial charge in [-0.3, -0.25) is 10.1 Å². The van der Waals surface area contributed by atoms with E-state index in [-0.39, 0.29) is 22.5 Å². The van der Waals surface area contributed by atoms with Gasteiger partial charge in [-0.15, -0.1) is 0 Å². The number of nitro groups is 1. The average molecular weight is 301 g/mol. The van der Waals surface area contributed by atoms with E-state index in [0.717, 1.165) is 12.1 Å². The van der Waals surface area contributed by atoms with Gasteiger partial charge < -0.3 is 5.11 Å². The van der Waals surface area contributed by atoms with Crippen LogP contribution in [0.5, 0.6) is 0 Å². The van der Waals surface area contributed by atoms with Crippen molar-refractivity contribution in [3.8, 4) is 11.3 Å². The predicted octanol–water partition coefficient (Wildman–Crippen LogP) is 3.28. The second-order valence-electron chi connectivity index (χ2n) is 4.48. The van der Waals surface area contributed by atoms with Crippen LogP contribution in [0.1, 0.15) is 0 Å². The van der Waals surface area contributed by atoms with Crippen LogP contribution in [0.25, 0.3) is 22.2 Å². The van der Waals surface area contributed by atoms with Crippen molar-refractivity contribution in [1.29, 1.82) is 0 Å². The molecule has 3 aromatic rings. The molecule has 0 unspecified atom stereocenters. The van der Waals surface area contributed by atoms with Crippen molar-refractivity contribution in [2.75, 3.05) is 0 Å². The first kappa shape index (κ1) is 13.7. The molecule has 0 spiro atoms. The number of fused-ring (bicyclic) bond motifs is 1. The highest BCUT2D eigenvalue weighted by Gasteiger charge is 2.22. The Morgan fingerprint density at radius 3 is 2.68 bits per heavy atom. The van der Waals surface area contributed by atoms with Crippen LogP contribution in [-0.4, -0.2) is 25.9 Å². The van der Waals surface area contributed by atoms with Gasteiger partial charge in [-0.25, -0.2) is 9.18 Å². The molecular weight excluding hydrogens is 293 g/mol. The Hall–Kier alpha value is -3.29. The quantitative estimate of drug-likeness (QED) is 0.578. The molecule has 110 valence electrons. The number of hydrogen-bond acceptors (Lipinski definition) is 4. The topological polar surface area (TPSA) is 98.3 Å². The van der Waals surface area contributed by atoms with E-state index < -0.39 is 16.8 Å². The minimum absolute atomic E-state index is 0.0284. The van der Waals surface area contributed by atoms with Crippen molar-refractivity contribution >= 4 is 22.7 Å². The molecule has 3 rings (SSSR count). The molecule has 0 saturated carbocycles. The molecule has 0 bridgehead atoms. The highest BCUT2D eigenvalue weighted by Crippen LogP contribution is 2.34. The summed E-state index contributed by atoms with van der Waals surface area (Å²) in [5.41, 5.74) is 0.109. The lowest BCUT2D eigenvalue weighted by Crippen LogP contribution is -2.09. The van der Waals surface area contributed by atoms with Crippen LogP contribution in [0.3, 0.4) is 0 Å². The molecule has 1 aromatic heterocycles. The van der Waals surface area contributed by atoms with Crippen molar-refractivity contribution in [3.05, 3.63) is 58.4 Å². The van der Waals surface area contributed by atoms with Gasteiger partial charge in [0.15, 0.2) is 0 Å². The summed E-state index contributed by atoms with van der Waals surface area (Å²) in [6, 6.07) is 9.36. The Kier molecular flexibility index (Phi) is 3.06. The maximum absolute atomic E-state index is 13.4. The molecule has 0 aliphatic rings. The third-order valence-corrected chi connectivity index (χ3v) is 3.18. The molecule has 0 fully saturated rings. The number of benzene rings is 2. The third-order valence-electron chi connectivity index (χ3n) is 3.18. The number of hydrogen-bond donors (Lipinski definition) is 1. The lowest BCUT2D eigenvalue weighted by Gasteiger charge is -1.99. The molecule has 0 radical (unpaired) electrons. The minimum atomic E-state index is -1.40. The third kappa shape index (κ3) is 2.06. The molecule has 1 heterocycles. The van der Waals surface area contributed by atoms with Gasteiger partial charge in [0.25, 0.3) is 5.69 Å². The monoisotopic (exact) mass is 301 g/mol. The molecule has 2 aromatic carbocycles. The van der Waals surface area contributed by atoms with E-state index in [2.05, 4.69) is 5.10 Å². The van der Waals surface area contributed by atoms with Gasteiger partial charge in [0, 0.05) is 17.5 Å². The van der Waals surface area contributed by atoms with Crippen molar-refractivity contribution in [2.24, 2.45) is 0 Å². The number of halogens is 1. The molecule has 0 saturated heterocycles. The second-order valence-corrected chi connectivity index (χ2v) is 4.48. The summed E-state index contributed by atoms with van der Waals surface area (Å²) in [7, 11) is 0. The number of nitro benzene ring substituents is 1. The van der Waals surface area contributed by atoms with E-state index in [1.54, 1.807) is 6.07 Å². The van der Waals surface area contributed by atoms with Crippen LogP contribution >= 0.6 is 0 Å². The number of carbonyl (C=O) groups is 1. The summed E-state index contributed by atoms with van der Waals surface area (Å²) in [5, 5.41) is 24.5. The Balaban J connectivity index is 2.38. The zero-order valence-corrected chi connectivity index (χ0v) is 10.9. The number of aromatic nitrogens is 2. The molecule has 8 heteroatoms. The predicted molar refractivity (Wildman–Crippen MR) is 75.2 cm³/mol. The Morgan fingerprint density at radius 2 is 2.00 bits per heavy atom. The number of carboxylic acid groups (broad SMARTS) is 1. The standard InChI is InChI=1S/C14H8FN3O4/c15-8-5-6-10-12(7-8)17(14(19)20)16-13(10)9-3-1-2-4-11(9)18(21)22/h1-7H,(H,19,20). The van der Waals surface area contributed by atoms with Crippen LogP contribution in [-0.2, 0) is 0 Å². The molecule has 7 nitrogen and oxygen atoms in total. The fraction of sp³-hybridized carbons (Fsp3) is 0. The summed E-state index contributed by atoms with van der Waals surface area (Å²) >= 11 is 0. The maximum atomic E-state index is 13.4. The van der Waals surface area contributed by atoms with Crippen molar-refractivity contribution in [3.63, 3.8) is 0 Å². The summed E-state index contributed by atoms with van der Waals surface area (Å²) in [6.45, 7) is 0. The van der Waals surface area contributed by atoms with Crippen molar-refractivity contribution in [2.45, 2.75) is 0 Å². The van der Waals surface area contributed by atoms with Gasteiger partial charge in [-0.2, -0.15) is 9.78 Å². The molecular formula is C14H8FN3O4. The first-order chi connectivity index (χ1) is 10.5. The molecule has 0 aliphatic heterocycles. The summed E-state index contributed by atoms with van der Waals surface area (Å²) in [6.07, 6.45) is -1.40. The fourth-order valence-electron chi connectivity index (χ4n) is 2.27. The SMILES string of the molecule is O=C(O)n1nc(-c2ccccc2[N+](=O)[O-])c2ccc(F)cc21. The van der Waals surface area contributed by atoms with E-state index in [0.29, 0.717) is 10.1 Å². The molecule has 0 atom stereocenters. The van der Waals surface area contributed by atoms with Gasteiger partial charge in [0.1, 0.15) is 11.5 Å². The minimum Gasteiger partial charge on any atom is -0.463 e. The van der Waals surface area contributed by atoms with Crippen LogP contribution in [0.4, 0.5) is 14.9 Å². The highest BCUT2D eigenvalue weighted by atomic mass is 19.1. The van der Waals surface area contributed by atoms with Crippen molar-refractivity contribution < 1.29 is 19.2 Å². The van der Waals surface area contributed by atoms with Gasteiger partial charge in [0.2, 0.25) is 0 Å². The van der Waals surface area contributed by atoms with Gasteiger partial charge in [-0.05, 0) is 18.2 Å². The van der Waals surface area contributed by atoms with E-state index in [1.807, 2.05) is 0 Å². The Morgan fingerprint density at radius 1 is 1.27 bits per heavy atom. The van der Waals surface area contributed by atoms with E-state index in [9.17, 15) is 19.3 Å². The number of para-hydroxylation sites is 1. The summed E-state index contributed by atoms with van der Waals surface area (Å²) in [4.78, 5) is 21.8. The van der Waals surface area contributed by atoms with Gasteiger partial charge in [-0.1, -0.05) is 12.1 Å². The highest BCUT2D eigenvalue weighted by molar-refractivity contribution is 5.98. The molecule has 0 aliphatic carbocycles. The largest absolute Gasteiger partial charge is 0.463 e. The first-order valence-electron chi connectivity index (χ1n) is 6.14. The zero-order valence-electron chi connectivity index (χ0n) is 10.9. The van der Waals surface area contributed by atoms with Crippen LogP contribution in [0, 0.1) is 15.9 Å². The summed E-state index contributed by atoms with van der Waals surface area (Å²) < 4.78 is 14.0. The lowest BCUT2D eigenvalue weighted by atomic mass is 10.1. The Bertz CT molecular complexity index is 920. The maximum Gasteiger partial charge on any atom is 0.432 e. The van der Waals surface area contributed by atoms with Gasteiger partial charge >= 0.3 is 6.09 Å². The lowest BCUT2D eigenvalue weighted by molar-refractivity contribution is -0.384. The van der Waals surface area contributed by atoms with Crippen molar-refractivity contribution in [1.82, 2.24) is 9.78 Å². The molecule has 22 heavy (non-hydrogen) atoms. The smallest absolute Gasteiger partial charge is 0.432 e. The van der Waals surface area contributed by atoms with Crippen LogP contribution in [0.15, 0.2) is 42.5 Å². The number of nitrogens with zero attached hydrogens (tertiary/aromatic N) is 3. The Labute approximate surface area is 122 Å².